The van der Waals surface area contributed by atoms with Crippen LogP contribution in [0.4, 0.5) is 5.69 Å². The van der Waals surface area contributed by atoms with Crippen molar-refractivity contribution in [1.29, 1.82) is 0 Å². The molecule has 0 amide bonds. The smallest absolute Gasteiger partial charge is 0.0684 e. The summed E-state index contributed by atoms with van der Waals surface area (Å²) in [6.45, 7) is 0. The van der Waals surface area contributed by atoms with Crippen LogP contribution in [0.25, 0.3) is 0 Å². The highest BCUT2D eigenvalue weighted by Gasteiger charge is 2.59. The van der Waals surface area contributed by atoms with E-state index in [0.29, 0.717) is 11.8 Å². The minimum atomic E-state index is -0.326. The van der Waals surface area contributed by atoms with Crippen LogP contribution in [0.1, 0.15) is 30.7 Å². The highest BCUT2D eigenvalue weighted by Crippen LogP contribution is 2.62. The number of anilines is 1. The lowest BCUT2D eigenvalue weighted by atomic mass is 10.0. The minimum absolute atomic E-state index is 0.326. The van der Waals surface area contributed by atoms with Gasteiger partial charge < -0.3 is 10.8 Å². The Morgan fingerprint density at radius 2 is 2.00 bits per heavy atom. The Kier molecular flexibility index (Phi) is 1.49. The zero-order chi connectivity index (χ0) is 9.76. The first kappa shape index (κ1) is 8.30. The molecule has 1 aromatic rings. The molecule has 3 rings (SSSR count). The largest absolute Gasteiger partial charge is 0.398 e. The van der Waals surface area contributed by atoms with Crippen molar-refractivity contribution in [3.8, 4) is 0 Å². The number of aliphatic hydroxyl groups is 1. The second-order valence-electron chi connectivity index (χ2n) is 4.68. The molecule has 0 radical (unpaired) electrons. The van der Waals surface area contributed by atoms with Gasteiger partial charge in [0.1, 0.15) is 0 Å². The third-order valence-corrected chi connectivity index (χ3v) is 3.64. The van der Waals surface area contributed by atoms with Crippen molar-refractivity contribution in [3.05, 3.63) is 29.8 Å². The second-order valence-corrected chi connectivity index (χ2v) is 4.68. The van der Waals surface area contributed by atoms with Gasteiger partial charge in [0.25, 0.3) is 0 Å². The van der Waals surface area contributed by atoms with Gasteiger partial charge in [-0.15, -0.1) is 0 Å². The van der Waals surface area contributed by atoms with Gasteiger partial charge in [-0.1, -0.05) is 18.2 Å². The van der Waals surface area contributed by atoms with Gasteiger partial charge >= 0.3 is 0 Å². The Bertz CT molecular complexity index is 370. The van der Waals surface area contributed by atoms with E-state index in [1.54, 1.807) is 0 Å². The van der Waals surface area contributed by atoms with Crippen LogP contribution in [0, 0.1) is 5.92 Å². The third kappa shape index (κ3) is 1.14. The molecule has 1 aromatic carbocycles. The maximum atomic E-state index is 9.95. The highest BCUT2D eigenvalue weighted by atomic mass is 16.3. The Hall–Kier alpha value is -1.02. The van der Waals surface area contributed by atoms with E-state index in [9.17, 15) is 5.11 Å². The van der Waals surface area contributed by atoms with Crippen LogP contribution >= 0.6 is 0 Å². The van der Waals surface area contributed by atoms with Crippen molar-refractivity contribution >= 4 is 5.69 Å². The molecule has 0 aliphatic heterocycles. The molecule has 74 valence electrons. The molecule has 2 saturated carbocycles. The van der Waals surface area contributed by atoms with Crippen molar-refractivity contribution in [2.45, 2.75) is 30.8 Å². The van der Waals surface area contributed by atoms with Crippen molar-refractivity contribution in [2.24, 2.45) is 5.92 Å². The van der Waals surface area contributed by atoms with E-state index < -0.39 is 0 Å². The summed E-state index contributed by atoms with van der Waals surface area (Å²) < 4.78 is 0. The summed E-state index contributed by atoms with van der Waals surface area (Å²) in [7, 11) is 0. The molecule has 2 aliphatic carbocycles. The maximum Gasteiger partial charge on any atom is 0.0684 e. The molecule has 0 aromatic heterocycles. The lowest BCUT2D eigenvalue weighted by Gasteiger charge is -2.08. The number of rotatable bonds is 2. The quantitative estimate of drug-likeness (QED) is 0.698. The third-order valence-electron chi connectivity index (χ3n) is 3.64. The summed E-state index contributed by atoms with van der Waals surface area (Å²) in [5, 5.41) is 9.95. The van der Waals surface area contributed by atoms with Gasteiger partial charge in [-0.3, -0.25) is 0 Å². The fraction of sp³-hybridized carbons (Fsp3) is 0.500. The summed E-state index contributed by atoms with van der Waals surface area (Å²) >= 11 is 0. The normalized spacial score (nSPS) is 32.6. The lowest BCUT2D eigenvalue weighted by molar-refractivity contribution is 0.124. The molecule has 0 unspecified atom stereocenters. The average molecular weight is 189 g/mol. The molecule has 0 saturated heterocycles. The van der Waals surface area contributed by atoms with Crippen LogP contribution in [0.5, 0.6) is 0 Å². The Balaban J connectivity index is 1.83. The van der Waals surface area contributed by atoms with E-state index in [2.05, 4.69) is 6.07 Å². The topological polar surface area (TPSA) is 46.2 Å². The second kappa shape index (κ2) is 2.51. The predicted octanol–water partition coefficient (Wildman–Crippen LogP) is 1.90. The summed E-state index contributed by atoms with van der Waals surface area (Å²) in [6.07, 6.45) is 3.09. The zero-order valence-electron chi connectivity index (χ0n) is 8.11. The van der Waals surface area contributed by atoms with E-state index in [4.69, 9.17) is 5.73 Å². The van der Waals surface area contributed by atoms with Gasteiger partial charge in [0.05, 0.1) is 5.60 Å². The van der Waals surface area contributed by atoms with Gasteiger partial charge in [0.2, 0.25) is 0 Å². The van der Waals surface area contributed by atoms with Crippen LogP contribution < -0.4 is 5.73 Å². The predicted molar refractivity (Wildman–Crippen MR) is 55.9 cm³/mol. The molecular formula is C12H15NO. The molecule has 14 heavy (non-hydrogen) atoms. The average Bonchev–Trinajstić information content (AvgIpc) is 3.01. The van der Waals surface area contributed by atoms with Crippen molar-refractivity contribution in [1.82, 2.24) is 0 Å². The highest BCUT2D eigenvalue weighted by molar-refractivity contribution is 5.51. The zero-order valence-corrected chi connectivity index (χ0v) is 8.11. The van der Waals surface area contributed by atoms with Gasteiger partial charge in [-0.05, 0) is 42.7 Å². The van der Waals surface area contributed by atoms with Crippen molar-refractivity contribution in [2.75, 3.05) is 5.73 Å². The number of hydrogen-bond acceptors (Lipinski definition) is 2. The van der Waals surface area contributed by atoms with E-state index in [1.165, 1.54) is 5.56 Å². The van der Waals surface area contributed by atoms with Crippen molar-refractivity contribution < 1.29 is 5.11 Å². The maximum absolute atomic E-state index is 9.95. The fourth-order valence-corrected chi connectivity index (χ4v) is 2.48. The number of hydrogen-bond donors (Lipinski definition) is 2. The molecule has 0 bridgehead atoms. The number of para-hydroxylation sites is 1. The summed E-state index contributed by atoms with van der Waals surface area (Å²) in [5.74, 6) is 0.996. The molecule has 2 nitrogen and oxygen atoms in total. The molecule has 0 spiro atoms. The van der Waals surface area contributed by atoms with Gasteiger partial charge in [0.15, 0.2) is 0 Å². The van der Waals surface area contributed by atoms with Gasteiger partial charge in [-0.25, -0.2) is 0 Å². The Morgan fingerprint density at radius 1 is 1.29 bits per heavy atom. The minimum Gasteiger partial charge on any atom is -0.398 e. The first-order valence-electron chi connectivity index (χ1n) is 5.27. The van der Waals surface area contributed by atoms with Crippen LogP contribution in [-0.2, 0) is 0 Å². The van der Waals surface area contributed by atoms with Crippen LogP contribution in [-0.4, -0.2) is 10.7 Å². The molecule has 2 aliphatic rings. The number of benzene rings is 1. The number of nitrogen functional groups attached to an aromatic ring is 1. The number of nitrogens with two attached hydrogens (primary N) is 1. The van der Waals surface area contributed by atoms with E-state index >= 15 is 0 Å². The Labute approximate surface area is 83.7 Å². The molecule has 2 fully saturated rings. The summed E-state index contributed by atoms with van der Waals surface area (Å²) in [4.78, 5) is 0. The van der Waals surface area contributed by atoms with Crippen LogP contribution in [0.2, 0.25) is 0 Å². The first-order valence-corrected chi connectivity index (χ1v) is 5.27. The molecule has 2 heteroatoms. The monoisotopic (exact) mass is 189 g/mol. The molecule has 0 heterocycles. The van der Waals surface area contributed by atoms with E-state index in [0.717, 1.165) is 24.9 Å². The van der Waals surface area contributed by atoms with Gasteiger partial charge in [0, 0.05) is 5.69 Å². The summed E-state index contributed by atoms with van der Waals surface area (Å²) in [6, 6.07) is 8.02. The molecule has 2 atom stereocenters. The van der Waals surface area contributed by atoms with E-state index in [1.807, 2.05) is 18.2 Å². The standard InChI is InChI=1S/C12H15NO/c13-11-4-2-1-3-8(11)9-7-10(9)12(14)5-6-12/h1-4,9-10,14H,5-7,13H2/t9-,10+/m1/s1. The molecule has 3 N–H and O–H groups in total. The Morgan fingerprint density at radius 3 is 2.64 bits per heavy atom. The molecular weight excluding hydrogens is 174 g/mol. The van der Waals surface area contributed by atoms with Crippen molar-refractivity contribution in [3.63, 3.8) is 0 Å². The SMILES string of the molecule is Nc1ccccc1[C@H]1C[C@@H]1C1(O)CC1. The van der Waals surface area contributed by atoms with Crippen LogP contribution in [0.3, 0.4) is 0 Å². The van der Waals surface area contributed by atoms with Gasteiger partial charge in [-0.2, -0.15) is 0 Å². The van der Waals surface area contributed by atoms with E-state index in [-0.39, 0.29) is 5.60 Å². The summed E-state index contributed by atoms with van der Waals surface area (Å²) in [5.41, 5.74) is 7.69. The lowest BCUT2D eigenvalue weighted by Crippen LogP contribution is -2.10. The first-order chi connectivity index (χ1) is 6.71. The van der Waals surface area contributed by atoms with Crippen LogP contribution in [0.15, 0.2) is 24.3 Å². The fourth-order valence-electron chi connectivity index (χ4n) is 2.48.